The first-order chi connectivity index (χ1) is 11.5. The van der Waals surface area contributed by atoms with Gasteiger partial charge >= 0.3 is 5.97 Å². The molecule has 2 N–H and O–H groups in total. The first kappa shape index (κ1) is 16.6. The van der Waals surface area contributed by atoms with Crippen LogP contribution in [0.2, 0.25) is 0 Å². The Morgan fingerprint density at radius 2 is 1.88 bits per heavy atom. The summed E-state index contributed by atoms with van der Waals surface area (Å²) in [6, 6.07) is 4.93. The molecule has 0 unspecified atom stereocenters. The maximum absolute atomic E-state index is 12.6. The van der Waals surface area contributed by atoms with Gasteiger partial charge in [-0.1, -0.05) is 13.3 Å². The molecule has 1 amide bonds. The molecule has 3 rings (SSSR count). The Morgan fingerprint density at radius 3 is 2.50 bits per heavy atom. The van der Waals surface area contributed by atoms with Crippen molar-refractivity contribution in [1.82, 2.24) is 5.32 Å². The van der Waals surface area contributed by atoms with Crippen LogP contribution >= 0.6 is 0 Å². The van der Waals surface area contributed by atoms with Crippen LogP contribution in [0, 0.1) is 5.92 Å². The van der Waals surface area contributed by atoms with E-state index in [2.05, 4.69) is 12.2 Å². The summed E-state index contributed by atoms with van der Waals surface area (Å²) in [6.45, 7) is 3.04. The average Bonchev–Trinajstić information content (AvgIpc) is 2.61. The highest BCUT2D eigenvalue weighted by Crippen LogP contribution is 2.35. The lowest BCUT2D eigenvalue weighted by molar-refractivity contribution is -0.146. The van der Waals surface area contributed by atoms with Gasteiger partial charge in [0.1, 0.15) is 18.8 Å². The van der Waals surface area contributed by atoms with Crippen molar-refractivity contribution in [1.29, 1.82) is 0 Å². The second-order valence-electron chi connectivity index (χ2n) is 6.55. The van der Waals surface area contributed by atoms with Gasteiger partial charge in [-0.05, 0) is 49.8 Å². The third-order valence-electron chi connectivity index (χ3n) is 5.10. The normalized spacial score (nSPS) is 25.8. The van der Waals surface area contributed by atoms with Crippen molar-refractivity contribution >= 4 is 11.9 Å². The summed E-state index contributed by atoms with van der Waals surface area (Å²) in [6.07, 6.45) is 3.63. The Hall–Kier alpha value is -2.24. The summed E-state index contributed by atoms with van der Waals surface area (Å²) in [5, 5.41) is 12.4. The maximum Gasteiger partial charge on any atom is 0.329 e. The van der Waals surface area contributed by atoms with E-state index in [0.717, 1.165) is 19.3 Å². The number of carbonyl (C=O) groups excluding carboxylic acids is 1. The first-order valence-electron chi connectivity index (χ1n) is 8.49. The number of rotatable bonds is 4. The maximum atomic E-state index is 12.6. The standard InChI is InChI=1S/C18H23NO5/c1-2-12-5-7-18(8-6-12,17(21)22)19-16(20)13-3-4-14-15(11-13)24-10-9-23-14/h3-4,11-12H,2,5-10H2,1H3,(H,19,20)(H,21,22). The van der Waals surface area contributed by atoms with Gasteiger partial charge in [0.2, 0.25) is 0 Å². The molecule has 0 bridgehead atoms. The van der Waals surface area contributed by atoms with Crippen LogP contribution in [0.1, 0.15) is 49.4 Å². The van der Waals surface area contributed by atoms with Crippen LogP contribution in [0.5, 0.6) is 11.5 Å². The molecule has 6 nitrogen and oxygen atoms in total. The van der Waals surface area contributed by atoms with Gasteiger partial charge in [-0.3, -0.25) is 4.79 Å². The molecule has 0 atom stereocenters. The molecule has 1 aromatic carbocycles. The third-order valence-corrected chi connectivity index (χ3v) is 5.10. The summed E-state index contributed by atoms with van der Waals surface area (Å²) in [5.74, 6) is 0.332. The molecule has 1 aliphatic heterocycles. The summed E-state index contributed by atoms with van der Waals surface area (Å²) < 4.78 is 10.9. The number of benzene rings is 1. The second kappa shape index (κ2) is 6.71. The molecule has 6 heteroatoms. The Kier molecular flexibility index (Phi) is 4.64. The number of carboxylic acids is 1. The van der Waals surface area contributed by atoms with Crippen molar-refractivity contribution in [3.05, 3.63) is 23.8 Å². The fourth-order valence-corrected chi connectivity index (χ4v) is 3.45. The number of aliphatic carboxylic acids is 1. The molecule has 0 saturated heterocycles. The summed E-state index contributed by atoms with van der Waals surface area (Å²) in [7, 11) is 0. The zero-order valence-electron chi connectivity index (χ0n) is 13.8. The topological polar surface area (TPSA) is 84.9 Å². The molecule has 130 valence electrons. The van der Waals surface area contributed by atoms with Crippen LogP contribution in [0.4, 0.5) is 0 Å². The molecule has 1 saturated carbocycles. The molecule has 0 radical (unpaired) electrons. The van der Waals surface area contributed by atoms with Crippen LogP contribution < -0.4 is 14.8 Å². The molecule has 1 aromatic rings. The molecule has 0 aromatic heterocycles. The van der Waals surface area contributed by atoms with Crippen LogP contribution in [-0.2, 0) is 4.79 Å². The van der Waals surface area contributed by atoms with E-state index >= 15 is 0 Å². The highest BCUT2D eigenvalue weighted by Gasteiger charge is 2.43. The monoisotopic (exact) mass is 333 g/mol. The highest BCUT2D eigenvalue weighted by atomic mass is 16.6. The molecule has 1 fully saturated rings. The minimum Gasteiger partial charge on any atom is -0.486 e. The molecule has 0 spiro atoms. The van der Waals surface area contributed by atoms with E-state index < -0.39 is 11.5 Å². The molecule has 2 aliphatic rings. The van der Waals surface area contributed by atoms with Crippen molar-refractivity contribution in [3.63, 3.8) is 0 Å². The molecular formula is C18H23NO5. The lowest BCUT2D eigenvalue weighted by atomic mass is 9.75. The number of carboxylic acid groups (broad SMARTS) is 1. The van der Waals surface area contributed by atoms with Crippen molar-refractivity contribution in [2.45, 2.75) is 44.6 Å². The number of amides is 1. The van der Waals surface area contributed by atoms with Crippen molar-refractivity contribution in [2.24, 2.45) is 5.92 Å². The smallest absolute Gasteiger partial charge is 0.329 e. The summed E-state index contributed by atoms with van der Waals surface area (Å²) in [5.41, 5.74) is -0.784. The zero-order chi connectivity index (χ0) is 17.2. The number of hydrogen-bond acceptors (Lipinski definition) is 4. The average molecular weight is 333 g/mol. The Labute approximate surface area is 141 Å². The van der Waals surface area contributed by atoms with Crippen molar-refractivity contribution < 1.29 is 24.2 Å². The number of fused-ring (bicyclic) bond motifs is 1. The molecule has 1 aliphatic carbocycles. The Balaban J connectivity index is 1.76. The lowest BCUT2D eigenvalue weighted by Crippen LogP contribution is -2.56. The van der Waals surface area contributed by atoms with E-state index in [0.29, 0.717) is 49.0 Å². The van der Waals surface area contributed by atoms with E-state index in [4.69, 9.17) is 9.47 Å². The summed E-state index contributed by atoms with van der Waals surface area (Å²) in [4.78, 5) is 24.4. The van der Waals surface area contributed by atoms with Gasteiger partial charge in [0.25, 0.3) is 5.91 Å². The van der Waals surface area contributed by atoms with Crippen LogP contribution in [0.25, 0.3) is 0 Å². The predicted molar refractivity (Wildman–Crippen MR) is 87.5 cm³/mol. The van der Waals surface area contributed by atoms with Crippen LogP contribution in [-0.4, -0.2) is 35.7 Å². The van der Waals surface area contributed by atoms with Crippen molar-refractivity contribution in [2.75, 3.05) is 13.2 Å². The molecule has 24 heavy (non-hydrogen) atoms. The minimum absolute atomic E-state index is 0.385. The van der Waals surface area contributed by atoms with Gasteiger partial charge in [-0.2, -0.15) is 0 Å². The minimum atomic E-state index is -1.17. The summed E-state index contributed by atoms with van der Waals surface area (Å²) >= 11 is 0. The van der Waals surface area contributed by atoms with E-state index in [9.17, 15) is 14.7 Å². The van der Waals surface area contributed by atoms with Gasteiger partial charge < -0.3 is 19.9 Å². The van der Waals surface area contributed by atoms with Crippen LogP contribution in [0.3, 0.4) is 0 Å². The fourth-order valence-electron chi connectivity index (χ4n) is 3.45. The largest absolute Gasteiger partial charge is 0.486 e. The Morgan fingerprint density at radius 1 is 1.21 bits per heavy atom. The van der Waals surface area contributed by atoms with E-state index in [-0.39, 0.29) is 5.91 Å². The van der Waals surface area contributed by atoms with Crippen molar-refractivity contribution in [3.8, 4) is 11.5 Å². The van der Waals surface area contributed by atoms with E-state index in [1.54, 1.807) is 18.2 Å². The fraction of sp³-hybridized carbons (Fsp3) is 0.556. The van der Waals surface area contributed by atoms with Crippen LogP contribution in [0.15, 0.2) is 18.2 Å². The van der Waals surface area contributed by atoms with Gasteiger partial charge in [0.05, 0.1) is 0 Å². The Bertz CT molecular complexity index is 634. The number of nitrogens with one attached hydrogen (secondary N) is 1. The van der Waals surface area contributed by atoms with Gasteiger partial charge in [0, 0.05) is 5.56 Å². The quantitative estimate of drug-likeness (QED) is 0.885. The number of carbonyl (C=O) groups is 2. The first-order valence-corrected chi connectivity index (χ1v) is 8.49. The molecule has 1 heterocycles. The van der Waals surface area contributed by atoms with E-state index in [1.807, 2.05) is 0 Å². The number of ether oxygens (including phenoxy) is 2. The zero-order valence-corrected chi connectivity index (χ0v) is 13.8. The SMILES string of the molecule is CCC1CCC(NC(=O)c2ccc3c(c2)OCCO3)(C(=O)O)CC1. The second-order valence-corrected chi connectivity index (χ2v) is 6.55. The number of hydrogen-bond donors (Lipinski definition) is 2. The highest BCUT2D eigenvalue weighted by molar-refractivity contribution is 5.98. The van der Waals surface area contributed by atoms with Gasteiger partial charge in [0.15, 0.2) is 11.5 Å². The third kappa shape index (κ3) is 3.18. The lowest BCUT2D eigenvalue weighted by Gasteiger charge is -2.37. The van der Waals surface area contributed by atoms with Gasteiger partial charge in [-0.15, -0.1) is 0 Å². The molecular weight excluding hydrogens is 310 g/mol. The predicted octanol–water partition coefficient (Wildman–Crippen LogP) is 2.61. The van der Waals surface area contributed by atoms with E-state index in [1.165, 1.54) is 0 Å². The van der Waals surface area contributed by atoms with Gasteiger partial charge in [-0.25, -0.2) is 4.79 Å².